The number of nitrogens with zero attached hydrogens (tertiary/aromatic N) is 4. The van der Waals surface area contributed by atoms with Crippen LogP contribution in [0.1, 0.15) is 46.9 Å². The topological polar surface area (TPSA) is 54.9 Å². The summed E-state index contributed by atoms with van der Waals surface area (Å²) in [6, 6.07) is 1.43. The first kappa shape index (κ1) is 15.4. The summed E-state index contributed by atoms with van der Waals surface area (Å²) in [4.78, 5) is 20.4. The summed E-state index contributed by atoms with van der Waals surface area (Å²) in [6.07, 6.45) is 0.649. The van der Waals surface area contributed by atoms with Gasteiger partial charge in [-0.3, -0.25) is 4.79 Å². The normalized spacial score (nSPS) is 19.4. The Balaban J connectivity index is 1.74. The number of likely N-dealkylation sites (N-methyl/N-ethyl adjacent to an activating group) is 1. The first-order chi connectivity index (χ1) is 11.5. The molecule has 24 heavy (non-hydrogen) atoms. The molecule has 2 fully saturated rings. The average molecular weight is 336 g/mol. The highest BCUT2D eigenvalue weighted by Gasteiger charge is 2.30. The van der Waals surface area contributed by atoms with Crippen LogP contribution in [0.4, 0.5) is 8.78 Å². The van der Waals surface area contributed by atoms with Gasteiger partial charge in [-0.2, -0.15) is 5.10 Å². The van der Waals surface area contributed by atoms with Crippen molar-refractivity contribution >= 4 is 11.6 Å². The zero-order valence-electron chi connectivity index (χ0n) is 13.5. The van der Waals surface area contributed by atoms with Crippen LogP contribution in [0.25, 0.3) is 5.65 Å². The quantitative estimate of drug-likeness (QED) is 0.889. The summed E-state index contributed by atoms with van der Waals surface area (Å²) in [5, 5.41) is 4.01. The molecule has 8 heteroatoms. The fraction of sp³-hybridized carbons (Fsp3) is 0.562. The van der Waals surface area contributed by atoms with E-state index >= 15 is 0 Å². The fourth-order valence-corrected chi connectivity index (χ4v) is 3.16. The van der Waals surface area contributed by atoms with Crippen molar-refractivity contribution in [1.82, 2.24) is 19.5 Å². The number of nitrogens with one attached hydrogen (secondary N) is 1. The van der Waals surface area contributed by atoms with Crippen molar-refractivity contribution in [1.29, 1.82) is 0 Å². The van der Waals surface area contributed by atoms with Gasteiger partial charge in [0.1, 0.15) is 11.3 Å². The van der Waals surface area contributed by atoms with Crippen molar-refractivity contribution in [3.05, 3.63) is 29.2 Å². The van der Waals surface area contributed by atoms with E-state index < -0.39 is 6.43 Å². The number of hydrogen-bond donors (Lipinski definition) is 1. The summed E-state index contributed by atoms with van der Waals surface area (Å²) in [5.74, 6) is 0.0655. The number of hydrogen-bond acceptors (Lipinski definition) is 3. The summed E-state index contributed by atoms with van der Waals surface area (Å²) in [5.41, 5.74) is 1.03. The number of quaternary nitrogens is 1. The molecule has 0 aromatic carbocycles. The lowest BCUT2D eigenvalue weighted by molar-refractivity contribution is -0.883. The maximum atomic E-state index is 13.4. The van der Waals surface area contributed by atoms with Gasteiger partial charge in [-0.25, -0.2) is 18.3 Å². The Labute approximate surface area is 138 Å². The molecule has 128 valence electrons. The van der Waals surface area contributed by atoms with Gasteiger partial charge in [0.2, 0.25) is 0 Å². The zero-order valence-corrected chi connectivity index (χ0v) is 13.5. The number of aromatic nitrogens is 3. The van der Waals surface area contributed by atoms with Crippen LogP contribution >= 0.6 is 0 Å². The van der Waals surface area contributed by atoms with E-state index in [2.05, 4.69) is 17.1 Å². The lowest BCUT2D eigenvalue weighted by Gasteiger charge is -2.29. The van der Waals surface area contributed by atoms with E-state index in [1.165, 1.54) is 17.2 Å². The minimum atomic E-state index is -2.65. The van der Waals surface area contributed by atoms with Gasteiger partial charge in [0.05, 0.1) is 39.4 Å². The van der Waals surface area contributed by atoms with E-state index in [-0.39, 0.29) is 23.2 Å². The molecule has 0 atom stereocenters. The Morgan fingerprint density at radius 1 is 1.33 bits per heavy atom. The van der Waals surface area contributed by atoms with Gasteiger partial charge in [0, 0.05) is 11.6 Å². The van der Waals surface area contributed by atoms with Crippen LogP contribution in [0, 0.1) is 0 Å². The summed E-state index contributed by atoms with van der Waals surface area (Å²) in [6.45, 7) is 3.08. The molecule has 1 saturated carbocycles. The highest BCUT2D eigenvalue weighted by atomic mass is 19.3. The highest BCUT2D eigenvalue weighted by Crippen LogP contribution is 2.40. The van der Waals surface area contributed by atoms with Crippen molar-refractivity contribution in [3.63, 3.8) is 0 Å². The second-order valence-corrected chi connectivity index (χ2v) is 6.72. The lowest BCUT2D eigenvalue weighted by Crippen LogP contribution is -3.12. The Bertz CT molecular complexity index is 778. The summed E-state index contributed by atoms with van der Waals surface area (Å²) < 4.78 is 27.9. The predicted octanol–water partition coefficient (Wildman–Crippen LogP) is 0.515. The molecule has 2 aromatic rings. The third-order valence-electron chi connectivity index (χ3n) is 4.87. The number of amides is 1. The van der Waals surface area contributed by atoms with Crippen LogP contribution in [0.15, 0.2) is 12.3 Å². The minimum Gasteiger partial charge on any atom is -0.334 e. The second kappa shape index (κ2) is 5.77. The molecular weight excluding hydrogens is 316 g/mol. The molecule has 1 aliphatic carbocycles. The molecule has 0 radical (unpaired) electrons. The third kappa shape index (κ3) is 2.64. The minimum absolute atomic E-state index is 0.168. The number of piperazine rings is 1. The van der Waals surface area contributed by atoms with Gasteiger partial charge in [-0.05, 0) is 18.9 Å². The number of alkyl halides is 2. The molecule has 3 heterocycles. The molecule has 1 aliphatic heterocycles. The van der Waals surface area contributed by atoms with Crippen molar-refractivity contribution in [3.8, 4) is 0 Å². The molecule has 2 aromatic heterocycles. The first-order valence-electron chi connectivity index (χ1n) is 8.32. The predicted molar refractivity (Wildman–Crippen MR) is 82.4 cm³/mol. The molecule has 2 aliphatic rings. The number of fused-ring (bicyclic) bond motifs is 1. The van der Waals surface area contributed by atoms with Gasteiger partial charge in [-0.15, -0.1) is 0 Å². The van der Waals surface area contributed by atoms with Crippen LogP contribution in [0.5, 0.6) is 0 Å². The van der Waals surface area contributed by atoms with Crippen LogP contribution in [0.3, 0.4) is 0 Å². The number of rotatable bonds is 3. The van der Waals surface area contributed by atoms with Crippen LogP contribution in [-0.2, 0) is 0 Å². The van der Waals surface area contributed by atoms with E-state index in [4.69, 9.17) is 0 Å². The molecule has 1 N–H and O–H groups in total. The van der Waals surface area contributed by atoms with Gasteiger partial charge in [0.25, 0.3) is 12.3 Å². The Morgan fingerprint density at radius 3 is 2.67 bits per heavy atom. The zero-order chi connectivity index (χ0) is 16.8. The Hall–Kier alpha value is -2.09. The number of halogens is 2. The SMILES string of the molecule is C[NH+]1CCN(C(=O)c2cnn3c(C(F)F)cc(C4CC4)nc23)CC1. The van der Waals surface area contributed by atoms with E-state index in [9.17, 15) is 13.6 Å². The largest absolute Gasteiger partial charge is 0.334 e. The van der Waals surface area contributed by atoms with Gasteiger partial charge in [-0.1, -0.05) is 0 Å². The van der Waals surface area contributed by atoms with Crippen molar-refractivity contribution in [2.45, 2.75) is 25.2 Å². The van der Waals surface area contributed by atoms with E-state index in [0.717, 1.165) is 30.4 Å². The monoisotopic (exact) mass is 336 g/mol. The average Bonchev–Trinajstić information content (AvgIpc) is 3.33. The van der Waals surface area contributed by atoms with Gasteiger partial charge < -0.3 is 9.80 Å². The van der Waals surface area contributed by atoms with Crippen LogP contribution < -0.4 is 4.90 Å². The summed E-state index contributed by atoms with van der Waals surface area (Å²) in [7, 11) is 2.09. The molecule has 6 nitrogen and oxygen atoms in total. The standard InChI is InChI=1S/C16H19F2N5O/c1-21-4-6-22(7-5-21)16(24)11-9-19-23-13(14(17)18)8-12(10-2-3-10)20-15(11)23/h8-10,14H,2-7H2,1H3/p+1. The third-order valence-corrected chi connectivity index (χ3v) is 4.87. The highest BCUT2D eigenvalue weighted by molar-refractivity contribution is 5.99. The number of carbonyl (C=O) groups excluding carboxylic acids is 1. The molecule has 0 unspecified atom stereocenters. The van der Waals surface area contributed by atoms with E-state index in [1.807, 2.05) is 0 Å². The Morgan fingerprint density at radius 2 is 2.04 bits per heavy atom. The maximum Gasteiger partial charge on any atom is 0.280 e. The summed E-state index contributed by atoms with van der Waals surface area (Å²) >= 11 is 0. The molecule has 1 amide bonds. The van der Waals surface area contributed by atoms with Crippen LogP contribution in [-0.4, -0.2) is 58.6 Å². The van der Waals surface area contributed by atoms with E-state index in [1.54, 1.807) is 4.90 Å². The lowest BCUT2D eigenvalue weighted by atomic mass is 10.2. The smallest absolute Gasteiger partial charge is 0.280 e. The van der Waals surface area contributed by atoms with Crippen molar-refractivity contribution in [2.24, 2.45) is 0 Å². The molecule has 4 rings (SSSR count). The molecule has 0 spiro atoms. The fourth-order valence-electron chi connectivity index (χ4n) is 3.16. The van der Waals surface area contributed by atoms with Crippen LogP contribution in [0.2, 0.25) is 0 Å². The van der Waals surface area contributed by atoms with Gasteiger partial charge >= 0.3 is 0 Å². The number of carbonyl (C=O) groups is 1. The molecular formula is C16H20F2N5O+. The van der Waals surface area contributed by atoms with Crippen molar-refractivity contribution < 1.29 is 18.5 Å². The van der Waals surface area contributed by atoms with Gasteiger partial charge in [0.15, 0.2) is 5.65 Å². The van der Waals surface area contributed by atoms with E-state index in [0.29, 0.717) is 24.3 Å². The van der Waals surface area contributed by atoms with Crippen molar-refractivity contribution in [2.75, 3.05) is 33.2 Å². The molecule has 0 bridgehead atoms. The maximum absolute atomic E-state index is 13.4. The second-order valence-electron chi connectivity index (χ2n) is 6.72. The Kier molecular flexibility index (Phi) is 3.71. The first-order valence-corrected chi connectivity index (χ1v) is 8.32. The molecule has 1 saturated heterocycles.